The van der Waals surface area contributed by atoms with Crippen LogP contribution in [0.4, 0.5) is 0 Å². The van der Waals surface area contributed by atoms with Crippen molar-refractivity contribution < 1.29 is 10.2 Å². The highest BCUT2D eigenvalue weighted by Gasteiger charge is 2.22. The Hall–Kier alpha value is -0.380. The third-order valence-corrected chi connectivity index (χ3v) is 2.33. The maximum Gasteiger partial charge on any atom is 0.189 e. The molecule has 3 heteroatoms. The summed E-state index contributed by atoms with van der Waals surface area (Å²) in [5, 5.41) is 18.9. The second-order valence-corrected chi connectivity index (χ2v) is 3.59. The Morgan fingerprint density at radius 1 is 1.25 bits per heavy atom. The highest BCUT2D eigenvalue weighted by Crippen LogP contribution is 2.22. The molecule has 2 N–H and O–H groups in total. The highest BCUT2D eigenvalue weighted by molar-refractivity contribution is 9.10. The maximum atomic E-state index is 9.43. The van der Waals surface area contributed by atoms with Gasteiger partial charge in [0.05, 0.1) is 0 Å². The van der Waals surface area contributed by atoms with Crippen molar-refractivity contribution in [1.29, 1.82) is 0 Å². The largest absolute Gasteiger partial charge is 0.362 e. The Kier molecular flexibility index (Phi) is 2.88. The van der Waals surface area contributed by atoms with Crippen molar-refractivity contribution in [1.82, 2.24) is 0 Å². The van der Waals surface area contributed by atoms with Crippen LogP contribution in [0.15, 0.2) is 28.7 Å². The molecule has 0 spiro atoms. The Balaban J connectivity index is 2.96. The Morgan fingerprint density at radius 2 is 1.75 bits per heavy atom. The minimum Gasteiger partial charge on any atom is -0.362 e. The lowest BCUT2D eigenvalue weighted by Crippen LogP contribution is -2.23. The zero-order valence-electron chi connectivity index (χ0n) is 6.79. The number of benzene rings is 1. The minimum atomic E-state index is -1.69. The first kappa shape index (κ1) is 9.71. The van der Waals surface area contributed by atoms with Crippen LogP contribution in [0.5, 0.6) is 0 Å². The van der Waals surface area contributed by atoms with Gasteiger partial charge >= 0.3 is 0 Å². The lowest BCUT2D eigenvalue weighted by Gasteiger charge is -2.19. The summed E-state index contributed by atoms with van der Waals surface area (Å²) in [6, 6.07) is 6.94. The molecule has 0 aliphatic rings. The maximum absolute atomic E-state index is 9.43. The van der Waals surface area contributed by atoms with E-state index in [1.807, 2.05) is 0 Å². The summed E-state index contributed by atoms with van der Waals surface area (Å²) >= 11 is 3.27. The molecular weight excluding hydrogens is 220 g/mol. The lowest BCUT2D eigenvalue weighted by molar-refractivity contribution is -0.171. The molecule has 2 nitrogen and oxygen atoms in total. The van der Waals surface area contributed by atoms with Crippen molar-refractivity contribution in [3.05, 3.63) is 34.3 Å². The van der Waals surface area contributed by atoms with Gasteiger partial charge in [0.25, 0.3) is 0 Å². The average molecular weight is 231 g/mol. The molecule has 0 unspecified atom stereocenters. The summed E-state index contributed by atoms with van der Waals surface area (Å²) < 4.78 is 0.929. The van der Waals surface area contributed by atoms with E-state index >= 15 is 0 Å². The van der Waals surface area contributed by atoms with Gasteiger partial charge in [-0.3, -0.25) is 0 Å². The van der Waals surface area contributed by atoms with Crippen LogP contribution in [0, 0.1) is 0 Å². The highest BCUT2D eigenvalue weighted by atomic mass is 79.9. The molecule has 0 saturated carbocycles. The average Bonchev–Trinajstić information content (AvgIpc) is 2.05. The molecule has 0 aliphatic heterocycles. The fourth-order valence-electron chi connectivity index (χ4n) is 0.921. The van der Waals surface area contributed by atoms with Gasteiger partial charge < -0.3 is 10.2 Å². The smallest absolute Gasteiger partial charge is 0.189 e. The number of hydrogen-bond acceptors (Lipinski definition) is 2. The normalized spacial score (nSPS) is 11.7. The molecule has 0 bridgehead atoms. The van der Waals surface area contributed by atoms with E-state index in [0.717, 1.165) is 4.47 Å². The van der Waals surface area contributed by atoms with E-state index in [9.17, 15) is 10.2 Å². The SMILES string of the molecule is CCC(O)(O)c1ccc(Br)cc1. The molecule has 0 fully saturated rings. The van der Waals surface area contributed by atoms with E-state index < -0.39 is 5.79 Å². The number of halogens is 1. The molecule has 0 saturated heterocycles. The quantitative estimate of drug-likeness (QED) is 0.764. The van der Waals surface area contributed by atoms with Crippen LogP contribution in [0.1, 0.15) is 18.9 Å². The Morgan fingerprint density at radius 3 is 2.17 bits per heavy atom. The molecule has 0 atom stereocenters. The molecule has 0 radical (unpaired) electrons. The molecular formula is C9H11BrO2. The van der Waals surface area contributed by atoms with Gasteiger partial charge in [0.2, 0.25) is 0 Å². The van der Waals surface area contributed by atoms with Crippen LogP contribution in [-0.2, 0) is 5.79 Å². The predicted octanol–water partition coefficient (Wildman–Crippen LogP) is 2.00. The third kappa shape index (κ3) is 2.06. The van der Waals surface area contributed by atoms with Gasteiger partial charge in [-0.15, -0.1) is 0 Å². The topological polar surface area (TPSA) is 40.5 Å². The first-order chi connectivity index (χ1) is 5.56. The minimum absolute atomic E-state index is 0.286. The van der Waals surface area contributed by atoms with Crippen LogP contribution < -0.4 is 0 Å². The molecule has 66 valence electrons. The second-order valence-electron chi connectivity index (χ2n) is 2.68. The zero-order valence-corrected chi connectivity index (χ0v) is 8.37. The van der Waals surface area contributed by atoms with Gasteiger partial charge in [-0.25, -0.2) is 0 Å². The van der Waals surface area contributed by atoms with E-state index in [4.69, 9.17) is 0 Å². The van der Waals surface area contributed by atoms with E-state index in [2.05, 4.69) is 15.9 Å². The van der Waals surface area contributed by atoms with Gasteiger partial charge in [-0.05, 0) is 12.1 Å². The first-order valence-corrected chi connectivity index (χ1v) is 4.56. The third-order valence-electron chi connectivity index (χ3n) is 1.80. The zero-order chi connectivity index (χ0) is 9.19. The Labute approximate surface area is 80.0 Å². The molecule has 0 aliphatic carbocycles. The summed E-state index contributed by atoms with van der Waals surface area (Å²) in [4.78, 5) is 0. The number of rotatable bonds is 2. The van der Waals surface area contributed by atoms with Crippen LogP contribution in [0.25, 0.3) is 0 Å². The van der Waals surface area contributed by atoms with Gasteiger partial charge in [0, 0.05) is 16.5 Å². The molecule has 0 amide bonds. The first-order valence-electron chi connectivity index (χ1n) is 3.77. The van der Waals surface area contributed by atoms with Crippen LogP contribution in [0.2, 0.25) is 0 Å². The van der Waals surface area contributed by atoms with Gasteiger partial charge in [0.1, 0.15) is 0 Å². The second kappa shape index (κ2) is 3.56. The van der Waals surface area contributed by atoms with E-state index in [0.29, 0.717) is 5.56 Å². The van der Waals surface area contributed by atoms with E-state index in [1.54, 1.807) is 31.2 Å². The van der Waals surface area contributed by atoms with Crippen molar-refractivity contribution in [3.8, 4) is 0 Å². The van der Waals surface area contributed by atoms with Gasteiger partial charge in [-0.1, -0.05) is 35.0 Å². The van der Waals surface area contributed by atoms with Crippen LogP contribution in [-0.4, -0.2) is 10.2 Å². The summed E-state index contributed by atoms with van der Waals surface area (Å²) in [5.41, 5.74) is 0.521. The van der Waals surface area contributed by atoms with Crippen molar-refractivity contribution in [3.63, 3.8) is 0 Å². The summed E-state index contributed by atoms with van der Waals surface area (Å²) in [5.74, 6) is -1.69. The van der Waals surface area contributed by atoms with E-state index in [-0.39, 0.29) is 6.42 Å². The molecule has 1 aromatic carbocycles. The van der Waals surface area contributed by atoms with Crippen molar-refractivity contribution >= 4 is 15.9 Å². The molecule has 1 aromatic rings. The van der Waals surface area contributed by atoms with Gasteiger partial charge in [-0.2, -0.15) is 0 Å². The molecule has 0 heterocycles. The molecule has 12 heavy (non-hydrogen) atoms. The van der Waals surface area contributed by atoms with Crippen molar-refractivity contribution in [2.75, 3.05) is 0 Å². The Bertz CT molecular complexity index is 254. The summed E-state index contributed by atoms with van der Waals surface area (Å²) in [6.45, 7) is 1.72. The standard InChI is InChI=1S/C9H11BrO2/c1-2-9(11,12)7-3-5-8(10)6-4-7/h3-6,11-12H,2H2,1H3. The van der Waals surface area contributed by atoms with Crippen molar-refractivity contribution in [2.45, 2.75) is 19.1 Å². The van der Waals surface area contributed by atoms with Gasteiger partial charge in [0.15, 0.2) is 5.79 Å². The number of hydrogen-bond donors (Lipinski definition) is 2. The summed E-state index contributed by atoms with van der Waals surface area (Å²) in [7, 11) is 0. The fourth-order valence-corrected chi connectivity index (χ4v) is 1.19. The number of aliphatic hydroxyl groups is 2. The molecule has 0 aromatic heterocycles. The fraction of sp³-hybridized carbons (Fsp3) is 0.333. The lowest BCUT2D eigenvalue weighted by atomic mass is 10.0. The van der Waals surface area contributed by atoms with Crippen LogP contribution >= 0.6 is 15.9 Å². The van der Waals surface area contributed by atoms with Crippen molar-refractivity contribution in [2.24, 2.45) is 0 Å². The monoisotopic (exact) mass is 230 g/mol. The summed E-state index contributed by atoms with van der Waals surface area (Å²) in [6.07, 6.45) is 0.286. The molecule has 1 rings (SSSR count). The van der Waals surface area contributed by atoms with Crippen LogP contribution in [0.3, 0.4) is 0 Å². The van der Waals surface area contributed by atoms with E-state index in [1.165, 1.54) is 0 Å². The predicted molar refractivity (Wildman–Crippen MR) is 50.5 cm³/mol.